The molecule has 9 nitrogen and oxygen atoms in total. The van der Waals surface area contributed by atoms with Gasteiger partial charge in [-0.25, -0.2) is 0 Å². The lowest BCUT2D eigenvalue weighted by Gasteiger charge is -2.24. The second-order valence-corrected chi connectivity index (χ2v) is 8.36. The Hall–Kier alpha value is -4.14. The number of aromatic hydroxyl groups is 2. The highest BCUT2D eigenvalue weighted by Gasteiger charge is 2.31. The van der Waals surface area contributed by atoms with E-state index in [1.165, 1.54) is 13.1 Å². The molecule has 0 unspecified atom stereocenters. The van der Waals surface area contributed by atoms with Gasteiger partial charge in [-0.15, -0.1) is 0 Å². The van der Waals surface area contributed by atoms with Crippen molar-refractivity contribution in [1.29, 1.82) is 0 Å². The number of hydrogen-bond donors (Lipinski definition) is 5. The minimum Gasteiger partial charge on any atom is -0.494 e. The van der Waals surface area contributed by atoms with Crippen molar-refractivity contribution in [1.82, 2.24) is 20.6 Å². The molecule has 0 radical (unpaired) electrons. The Balaban J connectivity index is 1.79. The molecule has 2 atom stereocenters. The van der Waals surface area contributed by atoms with Gasteiger partial charge in [0.15, 0.2) is 11.7 Å². The van der Waals surface area contributed by atoms with E-state index in [1.54, 1.807) is 56.4 Å². The summed E-state index contributed by atoms with van der Waals surface area (Å²) < 4.78 is 0. The van der Waals surface area contributed by atoms with E-state index >= 15 is 0 Å². The van der Waals surface area contributed by atoms with Crippen molar-refractivity contribution in [3.05, 3.63) is 77.1 Å². The topological polar surface area (TPSA) is 144 Å². The van der Waals surface area contributed by atoms with Crippen LogP contribution in [0.15, 0.2) is 54.9 Å². The largest absolute Gasteiger partial charge is 0.494 e. The number of rotatable bonds is 9. The Labute approximate surface area is 197 Å². The van der Waals surface area contributed by atoms with E-state index in [0.29, 0.717) is 5.56 Å². The maximum absolute atomic E-state index is 13.1. The summed E-state index contributed by atoms with van der Waals surface area (Å²) in [5.74, 6) is -2.42. The average molecular weight is 465 g/mol. The number of ketones is 1. The van der Waals surface area contributed by atoms with E-state index in [2.05, 4.69) is 20.6 Å². The van der Waals surface area contributed by atoms with Gasteiger partial charge in [-0.05, 0) is 30.5 Å². The third-order valence-electron chi connectivity index (χ3n) is 5.54. The summed E-state index contributed by atoms with van der Waals surface area (Å²) in [5, 5.41) is 25.4. The highest BCUT2D eigenvalue weighted by molar-refractivity contribution is 6.05. The molecule has 0 spiro atoms. The summed E-state index contributed by atoms with van der Waals surface area (Å²) in [6.07, 6.45) is 2.88. The van der Waals surface area contributed by atoms with Gasteiger partial charge in [-0.1, -0.05) is 44.2 Å². The Morgan fingerprint density at radius 3 is 2.26 bits per heavy atom. The Bertz CT molecular complexity index is 1160. The first kappa shape index (κ1) is 24.5. The number of pyridine rings is 1. The molecule has 9 heteroatoms. The lowest BCUT2D eigenvalue weighted by Crippen LogP contribution is -2.45. The van der Waals surface area contributed by atoms with Gasteiger partial charge in [0.05, 0.1) is 29.6 Å². The molecule has 0 aliphatic rings. The first-order valence-corrected chi connectivity index (χ1v) is 10.9. The Kier molecular flexibility index (Phi) is 7.68. The van der Waals surface area contributed by atoms with Crippen LogP contribution in [0, 0.1) is 12.8 Å². The van der Waals surface area contributed by atoms with Gasteiger partial charge in [0, 0.05) is 18.0 Å². The van der Waals surface area contributed by atoms with Gasteiger partial charge < -0.3 is 20.8 Å². The summed E-state index contributed by atoms with van der Waals surface area (Å²) >= 11 is 0. The number of nitrogens with one attached hydrogen (secondary N) is 3. The Morgan fingerprint density at radius 1 is 1.00 bits per heavy atom. The minimum absolute atomic E-state index is 0.0685. The fourth-order valence-electron chi connectivity index (χ4n) is 3.65. The first-order valence-electron chi connectivity index (χ1n) is 10.9. The van der Waals surface area contributed by atoms with Crippen molar-refractivity contribution in [2.24, 2.45) is 5.92 Å². The fourth-order valence-corrected chi connectivity index (χ4v) is 3.65. The number of amides is 2. The van der Waals surface area contributed by atoms with Crippen LogP contribution in [0.5, 0.6) is 11.8 Å². The molecule has 0 fully saturated rings. The molecule has 3 aromatic rings. The van der Waals surface area contributed by atoms with Crippen LogP contribution in [0.1, 0.15) is 58.2 Å². The van der Waals surface area contributed by atoms with Crippen molar-refractivity contribution >= 4 is 17.6 Å². The van der Waals surface area contributed by atoms with Crippen molar-refractivity contribution in [2.75, 3.05) is 0 Å². The quantitative estimate of drug-likeness (QED) is 0.308. The number of aromatic nitrogens is 2. The van der Waals surface area contributed by atoms with E-state index < -0.39 is 29.7 Å². The third kappa shape index (κ3) is 5.61. The van der Waals surface area contributed by atoms with Crippen molar-refractivity contribution in [3.63, 3.8) is 0 Å². The summed E-state index contributed by atoms with van der Waals surface area (Å²) in [6, 6.07) is 10.7. The monoisotopic (exact) mass is 464 g/mol. The Morgan fingerprint density at radius 2 is 1.71 bits per heavy atom. The summed E-state index contributed by atoms with van der Waals surface area (Å²) in [6.45, 7) is 5.03. The maximum Gasteiger partial charge on any atom is 0.253 e. The standard InChI is InChI=1S/C25H28N4O5/c1-14(2)21(22(31)20-15(3)23(32)29-25(20)34)28-19(30)12-18(16-8-5-4-6-9-16)27-24(33)17-10-7-11-26-13-17/h4-11,13-14,18,21,29,32,34H,12H2,1-3H3,(H,27,33)(H,28,30)/t18-,21-/m0/s1. The minimum atomic E-state index is -0.947. The molecule has 0 aliphatic carbocycles. The van der Waals surface area contributed by atoms with Crippen LogP contribution in [0.4, 0.5) is 0 Å². The zero-order valence-corrected chi connectivity index (χ0v) is 19.2. The molecular formula is C25H28N4O5. The molecule has 3 rings (SSSR count). The van der Waals surface area contributed by atoms with Crippen LogP contribution >= 0.6 is 0 Å². The highest BCUT2D eigenvalue weighted by Crippen LogP contribution is 2.30. The number of hydrogen-bond acceptors (Lipinski definition) is 6. The molecule has 1 aromatic carbocycles. The summed E-state index contributed by atoms with van der Waals surface area (Å²) in [4.78, 5) is 45.1. The van der Waals surface area contributed by atoms with E-state index in [9.17, 15) is 24.6 Å². The van der Waals surface area contributed by atoms with E-state index in [4.69, 9.17) is 0 Å². The molecule has 34 heavy (non-hydrogen) atoms. The average Bonchev–Trinajstić information content (AvgIpc) is 3.08. The van der Waals surface area contributed by atoms with Crippen LogP contribution in [-0.2, 0) is 4.79 Å². The molecular weight excluding hydrogens is 436 g/mol. The lowest BCUT2D eigenvalue weighted by atomic mass is 9.93. The molecule has 2 heterocycles. The van der Waals surface area contributed by atoms with E-state index in [-0.39, 0.29) is 35.3 Å². The molecule has 5 N–H and O–H groups in total. The number of benzene rings is 1. The van der Waals surface area contributed by atoms with Gasteiger partial charge in [0.1, 0.15) is 0 Å². The molecule has 0 saturated carbocycles. The van der Waals surface area contributed by atoms with Crippen molar-refractivity contribution < 1.29 is 24.6 Å². The second-order valence-electron chi connectivity index (χ2n) is 8.36. The first-order chi connectivity index (χ1) is 16.2. The lowest BCUT2D eigenvalue weighted by molar-refractivity contribution is -0.122. The zero-order chi connectivity index (χ0) is 24.8. The zero-order valence-electron chi connectivity index (χ0n) is 19.2. The highest BCUT2D eigenvalue weighted by atomic mass is 16.3. The van der Waals surface area contributed by atoms with E-state index in [1.807, 2.05) is 6.07 Å². The summed E-state index contributed by atoms with van der Waals surface area (Å²) in [7, 11) is 0. The van der Waals surface area contributed by atoms with E-state index in [0.717, 1.165) is 5.56 Å². The second kappa shape index (κ2) is 10.7. The normalized spacial score (nSPS) is 12.7. The molecule has 0 aliphatic heterocycles. The van der Waals surface area contributed by atoms with Crippen LogP contribution in [0.2, 0.25) is 0 Å². The van der Waals surface area contributed by atoms with Gasteiger partial charge in [-0.2, -0.15) is 0 Å². The third-order valence-corrected chi connectivity index (χ3v) is 5.54. The van der Waals surface area contributed by atoms with Crippen LogP contribution in [0.25, 0.3) is 0 Å². The molecule has 2 amide bonds. The van der Waals surface area contributed by atoms with Crippen LogP contribution < -0.4 is 10.6 Å². The van der Waals surface area contributed by atoms with Gasteiger partial charge in [0.2, 0.25) is 11.8 Å². The predicted octanol–water partition coefficient (Wildman–Crippen LogP) is 3.01. The number of carbonyl (C=O) groups excluding carboxylic acids is 3. The summed E-state index contributed by atoms with van der Waals surface area (Å²) in [5.41, 5.74) is 1.22. The number of carbonyl (C=O) groups is 3. The van der Waals surface area contributed by atoms with Crippen LogP contribution in [0.3, 0.4) is 0 Å². The SMILES string of the molecule is Cc1c(O)[nH]c(O)c1C(=O)[C@@H](NC(=O)C[C@H](NC(=O)c1cccnc1)c1ccccc1)C(C)C. The van der Waals surface area contributed by atoms with Gasteiger partial charge in [0.25, 0.3) is 5.91 Å². The molecule has 178 valence electrons. The fraction of sp³-hybridized carbons (Fsp3) is 0.280. The predicted molar refractivity (Wildman–Crippen MR) is 125 cm³/mol. The number of aromatic amines is 1. The number of H-pyrrole nitrogens is 1. The van der Waals surface area contributed by atoms with Gasteiger partial charge >= 0.3 is 0 Å². The smallest absolute Gasteiger partial charge is 0.253 e. The van der Waals surface area contributed by atoms with Crippen molar-refractivity contribution in [2.45, 2.75) is 39.3 Å². The van der Waals surface area contributed by atoms with Crippen LogP contribution in [-0.4, -0.2) is 43.8 Å². The number of nitrogens with zero attached hydrogens (tertiary/aromatic N) is 1. The molecule has 2 aromatic heterocycles. The number of Topliss-reactive ketones (excluding diaryl/α,β-unsaturated/α-hetero) is 1. The maximum atomic E-state index is 13.1. The molecule has 0 saturated heterocycles. The molecule has 0 bridgehead atoms. The van der Waals surface area contributed by atoms with Crippen molar-refractivity contribution in [3.8, 4) is 11.8 Å². The van der Waals surface area contributed by atoms with Gasteiger partial charge in [-0.3, -0.25) is 24.4 Å².